The summed E-state index contributed by atoms with van der Waals surface area (Å²) >= 11 is 0. The van der Waals surface area contributed by atoms with Gasteiger partial charge in [0.15, 0.2) is 5.82 Å². The van der Waals surface area contributed by atoms with E-state index in [2.05, 4.69) is 79.5 Å². The van der Waals surface area contributed by atoms with Crippen molar-refractivity contribution >= 4 is 43.5 Å². The molecular weight excluding hydrogens is 428 g/mol. The molecule has 0 bridgehead atoms. The molecule has 2 heterocycles. The molecule has 1 saturated carbocycles. The van der Waals surface area contributed by atoms with Crippen molar-refractivity contribution in [1.29, 1.82) is 0 Å². The van der Waals surface area contributed by atoms with Gasteiger partial charge in [-0.15, -0.1) is 0 Å². The van der Waals surface area contributed by atoms with Gasteiger partial charge >= 0.3 is 0 Å². The van der Waals surface area contributed by atoms with Crippen LogP contribution in [0.2, 0.25) is 0 Å². The molecule has 0 amide bonds. The third-order valence-electron chi connectivity index (χ3n) is 7.84. The Balaban J connectivity index is 1.46. The van der Waals surface area contributed by atoms with Crippen LogP contribution in [0, 0.1) is 5.41 Å². The summed E-state index contributed by atoms with van der Waals surface area (Å²) in [5.74, 6) is -0.0382. The van der Waals surface area contributed by atoms with Crippen molar-refractivity contribution in [1.82, 2.24) is 9.97 Å². The van der Waals surface area contributed by atoms with Gasteiger partial charge in [0, 0.05) is 35.3 Å². The van der Waals surface area contributed by atoms with E-state index in [-0.39, 0.29) is 0 Å². The molecule has 0 spiro atoms. The van der Waals surface area contributed by atoms with E-state index in [1.54, 1.807) is 6.20 Å². The molecule has 7 rings (SSSR count). The molecule has 3 heteroatoms. The predicted octanol–water partition coefficient (Wildman–Crippen LogP) is 9.03. The van der Waals surface area contributed by atoms with Crippen molar-refractivity contribution in [3.8, 4) is 11.4 Å². The molecule has 1 aliphatic carbocycles. The lowest BCUT2D eigenvalue weighted by Crippen LogP contribution is -2.20. The summed E-state index contributed by atoms with van der Waals surface area (Å²) in [5.41, 5.74) is 3.68. The fourth-order valence-electron chi connectivity index (χ4n) is 5.77. The quantitative estimate of drug-likeness (QED) is 0.243. The van der Waals surface area contributed by atoms with Gasteiger partial charge in [0.25, 0.3) is 0 Å². The standard InChI is InChI=1S/C32H28N2O/c1-32(2)17-14-20(15-18-32)27-16-19-33-31(34-27)26-13-7-12-25-28-23-10-5-3-8-21(23)22-9-4-6-11-24(22)30(28)35-29(25)26/h3-13,16,19-20H,14-15,17-18H2,1-2H3/i20D. The maximum absolute atomic E-state index is 9.21. The van der Waals surface area contributed by atoms with Gasteiger partial charge in [0.2, 0.25) is 0 Å². The minimum absolute atomic E-state index is 0.297. The number of nitrogens with zero attached hydrogens (tertiary/aromatic N) is 2. The number of fused-ring (bicyclic) bond motifs is 8. The molecule has 35 heavy (non-hydrogen) atoms. The molecular formula is C32H28N2O. The van der Waals surface area contributed by atoms with Crippen LogP contribution in [0.15, 0.2) is 83.4 Å². The van der Waals surface area contributed by atoms with Gasteiger partial charge in [-0.3, -0.25) is 0 Å². The van der Waals surface area contributed by atoms with Crippen LogP contribution in [-0.4, -0.2) is 9.97 Å². The molecule has 0 aliphatic heterocycles. The minimum atomic E-state index is -0.665. The summed E-state index contributed by atoms with van der Waals surface area (Å²) in [6.07, 6.45) is 5.52. The van der Waals surface area contributed by atoms with Crippen LogP contribution in [0.1, 0.15) is 52.5 Å². The largest absolute Gasteiger partial charge is 0.455 e. The van der Waals surface area contributed by atoms with Crippen LogP contribution in [0.5, 0.6) is 0 Å². The summed E-state index contributed by atoms with van der Waals surface area (Å²) < 4.78 is 15.9. The number of hydrogen-bond donors (Lipinski definition) is 0. The lowest BCUT2D eigenvalue weighted by molar-refractivity contribution is 0.223. The smallest absolute Gasteiger partial charge is 0.163 e. The minimum Gasteiger partial charge on any atom is -0.455 e. The van der Waals surface area contributed by atoms with E-state index in [4.69, 9.17) is 9.40 Å². The molecule has 4 aromatic carbocycles. The Morgan fingerprint density at radius 1 is 0.771 bits per heavy atom. The second-order valence-electron chi connectivity index (χ2n) is 10.6. The number of rotatable bonds is 2. The SMILES string of the molecule is [2H]C1(c2ccnc(-c3cccc4c3oc3c5ccccc5c5ccccc5c43)n2)CCC(C)(C)CC1. The van der Waals surface area contributed by atoms with Gasteiger partial charge in [0.05, 0.1) is 5.56 Å². The second-order valence-corrected chi connectivity index (χ2v) is 10.6. The Morgan fingerprint density at radius 2 is 1.43 bits per heavy atom. The number of aromatic nitrogens is 2. The van der Waals surface area contributed by atoms with E-state index in [9.17, 15) is 1.37 Å². The third kappa shape index (κ3) is 3.25. The summed E-state index contributed by atoms with van der Waals surface area (Å²) in [6, 6.07) is 25.1. The van der Waals surface area contributed by atoms with E-state index in [0.29, 0.717) is 11.2 Å². The zero-order valence-electron chi connectivity index (χ0n) is 21.1. The first-order chi connectivity index (χ1) is 17.4. The topological polar surface area (TPSA) is 38.9 Å². The van der Waals surface area contributed by atoms with E-state index < -0.39 is 5.89 Å². The Labute approximate surface area is 206 Å². The maximum Gasteiger partial charge on any atom is 0.163 e. The zero-order chi connectivity index (χ0) is 24.5. The fourth-order valence-corrected chi connectivity index (χ4v) is 5.77. The molecule has 1 aliphatic rings. The highest BCUT2D eigenvalue weighted by molar-refractivity contribution is 6.30. The van der Waals surface area contributed by atoms with Gasteiger partial charge in [-0.05, 0) is 59.4 Å². The molecule has 6 aromatic rings. The first-order valence-corrected chi connectivity index (χ1v) is 12.5. The molecule has 0 saturated heterocycles. The number of furan rings is 1. The second kappa shape index (κ2) is 7.64. The van der Waals surface area contributed by atoms with Crippen LogP contribution in [0.25, 0.3) is 54.9 Å². The number of hydrogen-bond acceptors (Lipinski definition) is 3. The summed E-state index contributed by atoms with van der Waals surface area (Å²) in [6.45, 7) is 4.60. The van der Waals surface area contributed by atoms with E-state index >= 15 is 0 Å². The van der Waals surface area contributed by atoms with Crippen LogP contribution in [-0.2, 0) is 0 Å². The van der Waals surface area contributed by atoms with Crippen LogP contribution < -0.4 is 0 Å². The van der Waals surface area contributed by atoms with Crippen LogP contribution >= 0.6 is 0 Å². The normalized spacial score (nSPS) is 17.8. The number of para-hydroxylation sites is 1. The first-order valence-electron chi connectivity index (χ1n) is 13.0. The van der Waals surface area contributed by atoms with Gasteiger partial charge in [-0.25, -0.2) is 9.97 Å². The molecule has 3 nitrogen and oxygen atoms in total. The van der Waals surface area contributed by atoms with Crippen molar-refractivity contribution in [2.24, 2.45) is 5.41 Å². The fraction of sp³-hybridized carbons (Fsp3) is 0.250. The average molecular weight is 458 g/mol. The predicted molar refractivity (Wildman–Crippen MR) is 145 cm³/mol. The molecule has 1 fully saturated rings. The average Bonchev–Trinajstić information content (AvgIpc) is 3.31. The third-order valence-corrected chi connectivity index (χ3v) is 7.84. The van der Waals surface area contributed by atoms with Crippen LogP contribution in [0.3, 0.4) is 0 Å². The van der Waals surface area contributed by atoms with Crippen LogP contribution in [0.4, 0.5) is 0 Å². The first kappa shape index (κ1) is 19.6. The highest BCUT2D eigenvalue weighted by Crippen LogP contribution is 2.44. The Hall–Kier alpha value is -3.72. The zero-order valence-corrected chi connectivity index (χ0v) is 20.1. The number of benzene rings is 4. The van der Waals surface area contributed by atoms with Gasteiger partial charge in [-0.2, -0.15) is 0 Å². The molecule has 0 radical (unpaired) electrons. The van der Waals surface area contributed by atoms with Crippen molar-refractivity contribution in [3.05, 3.63) is 84.7 Å². The molecule has 0 N–H and O–H groups in total. The van der Waals surface area contributed by atoms with Gasteiger partial charge in [-0.1, -0.05) is 74.5 Å². The summed E-state index contributed by atoms with van der Waals surface area (Å²) in [7, 11) is 0. The van der Waals surface area contributed by atoms with E-state index in [1.165, 1.54) is 16.2 Å². The van der Waals surface area contributed by atoms with Crippen molar-refractivity contribution in [3.63, 3.8) is 0 Å². The Bertz CT molecular complexity index is 1790. The molecule has 172 valence electrons. The lowest BCUT2D eigenvalue weighted by Gasteiger charge is -2.34. The van der Waals surface area contributed by atoms with Gasteiger partial charge in [0.1, 0.15) is 11.2 Å². The van der Waals surface area contributed by atoms with Crippen molar-refractivity contribution in [2.75, 3.05) is 0 Å². The van der Waals surface area contributed by atoms with Crippen molar-refractivity contribution in [2.45, 2.75) is 45.4 Å². The molecule has 0 atom stereocenters. The molecule has 2 aromatic heterocycles. The lowest BCUT2D eigenvalue weighted by atomic mass is 9.72. The molecule has 0 unspecified atom stereocenters. The Kier molecular flexibility index (Phi) is 4.27. The maximum atomic E-state index is 9.21. The summed E-state index contributed by atoms with van der Waals surface area (Å²) in [5, 5.41) is 6.91. The highest BCUT2D eigenvalue weighted by atomic mass is 16.3. The monoisotopic (exact) mass is 457 g/mol. The summed E-state index contributed by atoms with van der Waals surface area (Å²) in [4.78, 5) is 9.63. The van der Waals surface area contributed by atoms with E-state index in [0.717, 1.165) is 64.3 Å². The Morgan fingerprint density at radius 3 is 2.20 bits per heavy atom. The highest BCUT2D eigenvalue weighted by Gasteiger charge is 2.28. The van der Waals surface area contributed by atoms with Crippen molar-refractivity contribution < 1.29 is 5.79 Å². The van der Waals surface area contributed by atoms with Gasteiger partial charge < -0.3 is 4.42 Å². The van der Waals surface area contributed by atoms with E-state index in [1.807, 2.05) is 12.1 Å².